The lowest BCUT2D eigenvalue weighted by atomic mass is 9.78. The predicted molar refractivity (Wildman–Crippen MR) is 111 cm³/mol. The highest BCUT2D eigenvalue weighted by Crippen LogP contribution is 2.38. The summed E-state index contributed by atoms with van der Waals surface area (Å²) in [7, 11) is -1.04. The molecule has 3 rings (SSSR count). The molecule has 0 aromatic carbocycles. The van der Waals surface area contributed by atoms with Crippen LogP contribution in [0.3, 0.4) is 0 Å². The second kappa shape index (κ2) is 9.21. The van der Waals surface area contributed by atoms with Gasteiger partial charge in [0, 0.05) is 26.2 Å². The average molecular weight is 485 g/mol. The minimum Gasteiger partial charge on any atom is -0.375 e. The molecule has 0 aromatic rings. The van der Waals surface area contributed by atoms with Crippen LogP contribution in [0.2, 0.25) is 0 Å². The lowest BCUT2D eigenvalue weighted by Gasteiger charge is -2.44. The Balaban J connectivity index is 0.00000225. The Morgan fingerprint density at radius 3 is 2.64 bits per heavy atom. The molecule has 2 atom stereocenters. The fraction of sp³-hybridized carbons (Fsp3) is 0.941. The first kappa shape index (κ1) is 21.2. The van der Waals surface area contributed by atoms with Gasteiger partial charge >= 0.3 is 0 Å². The van der Waals surface area contributed by atoms with E-state index in [-0.39, 0.29) is 35.5 Å². The molecule has 0 aromatic heterocycles. The highest BCUT2D eigenvalue weighted by atomic mass is 127. The molecule has 2 N–H and O–H groups in total. The van der Waals surface area contributed by atoms with E-state index < -0.39 is 9.84 Å². The zero-order valence-corrected chi connectivity index (χ0v) is 18.3. The van der Waals surface area contributed by atoms with Crippen molar-refractivity contribution in [2.24, 2.45) is 10.9 Å². The van der Waals surface area contributed by atoms with Gasteiger partial charge in [0.15, 0.2) is 15.8 Å². The zero-order chi connectivity index (χ0) is 17.0. The summed E-state index contributed by atoms with van der Waals surface area (Å²) in [6.07, 6.45) is 9.04. The Kier molecular flexibility index (Phi) is 7.82. The second-order valence-corrected chi connectivity index (χ2v) is 9.88. The first-order valence-corrected chi connectivity index (χ1v) is 11.1. The van der Waals surface area contributed by atoms with Crippen molar-refractivity contribution in [3.05, 3.63) is 0 Å². The highest BCUT2D eigenvalue weighted by Gasteiger charge is 2.38. The van der Waals surface area contributed by atoms with Crippen molar-refractivity contribution in [2.45, 2.75) is 63.0 Å². The maximum atomic E-state index is 11.6. The number of hydrogen-bond acceptors (Lipinski definition) is 4. The number of nitrogens with zero attached hydrogens (tertiary/aromatic N) is 1. The quantitative estimate of drug-likeness (QED) is 0.364. The number of guanidine groups is 1. The van der Waals surface area contributed by atoms with Crippen LogP contribution in [0.5, 0.6) is 0 Å². The molecule has 6 nitrogen and oxygen atoms in total. The lowest BCUT2D eigenvalue weighted by molar-refractivity contribution is -0.107. The molecular weight excluding hydrogens is 453 g/mol. The molecule has 2 heterocycles. The molecule has 0 radical (unpaired) electrons. The normalized spacial score (nSPS) is 31.3. The third kappa shape index (κ3) is 5.95. The van der Waals surface area contributed by atoms with Gasteiger partial charge in [-0.05, 0) is 38.0 Å². The number of sulfone groups is 1. The molecule has 1 saturated carbocycles. The fourth-order valence-electron chi connectivity index (χ4n) is 4.36. The van der Waals surface area contributed by atoms with Crippen LogP contribution < -0.4 is 10.6 Å². The number of halogens is 1. The summed E-state index contributed by atoms with van der Waals surface area (Å²) in [5.41, 5.74) is 0.0759. The smallest absolute Gasteiger partial charge is 0.191 e. The Morgan fingerprint density at radius 1 is 1.24 bits per heavy atom. The van der Waals surface area contributed by atoms with Crippen molar-refractivity contribution in [3.63, 3.8) is 0 Å². The number of hydrogen-bond donors (Lipinski definition) is 2. The van der Waals surface area contributed by atoms with E-state index in [4.69, 9.17) is 4.74 Å². The van der Waals surface area contributed by atoms with E-state index >= 15 is 0 Å². The average Bonchev–Trinajstić information content (AvgIpc) is 2.91. The van der Waals surface area contributed by atoms with Crippen LogP contribution in [-0.2, 0) is 14.6 Å². The van der Waals surface area contributed by atoms with E-state index in [0.29, 0.717) is 24.1 Å². The van der Waals surface area contributed by atoms with Crippen LogP contribution in [0.25, 0.3) is 0 Å². The molecule has 2 unspecified atom stereocenters. The van der Waals surface area contributed by atoms with E-state index in [2.05, 4.69) is 15.6 Å². The Morgan fingerprint density at radius 2 is 2.00 bits per heavy atom. The Labute approximate surface area is 168 Å². The van der Waals surface area contributed by atoms with Crippen molar-refractivity contribution in [1.29, 1.82) is 0 Å². The predicted octanol–water partition coefficient (Wildman–Crippen LogP) is 2.09. The minimum atomic E-state index is -2.81. The SMILES string of the molecule is CN=C(NCC1CCS(=O)(=O)C1)NC1CCOC2(CCCCC2)C1.I. The Hall–Kier alpha value is -0.0900. The van der Waals surface area contributed by atoms with E-state index in [1.54, 1.807) is 7.05 Å². The van der Waals surface area contributed by atoms with Crippen LogP contribution in [0.15, 0.2) is 4.99 Å². The fourth-order valence-corrected chi connectivity index (χ4v) is 6.22. The molecular formula is C17H32IN3O3S. The molecule has 1 spiro atoms. The number of ether oxygens (including phenoxy) is 1. The number of rotatable bonds is 3. The van der Waals surface area contributed by atoms with Gasteiger partial charge in [-0.1, -0.05) is 19.3 Å². The second-order valence-electron chi connectivity index (χ2n) is 7.65. The number of aliphatic imine (C=N–C) groups is 1. The van der Waals surface area contributed by atoms with Crippen LogP contribution in [0.4, 0.5) is 0 Å². The molecule has 2 saturated heterocycles. The van der Waals surface area contributed by atoms with Gasteiger partial charge in [0.25, 0.3) is 0 Å². The molecule has 25 heavy (non-hydrogen) atoms. The molecule has 146 valence electrons. The van der Waals surface area contributed by atoms with Gasteiger partial charge in [0.1, 0.15) is 0 Å². The third-order valence-electron chi connectivity index (χ3n) is 5.71. The maximum absolute atomic E-state index is 11.6. The summed E-state index contributed by atoms with van der Waals surface area (Å²) < 4.78 is 29.3. The molecule has 2 aliphatic heterocycles. The summed E-state index contributed by atoms with van der Waals surface area (Å²) in [4.78, 5) is 4.32. The molecule has 0 amide bonds. The van der Waals surface area contributed by atoms with Gasteiger partial charge in [-0.25, -0.2) is 8.42 Å². The summed E-state index contributed by atoms with van der Waals surface area (Å²) in [5, 5.41) is 6.85. The molecule has 3 fully saturated rings. The maximum Gasteiger partial charge on any atom is 0.191 e. The summed E-state index contributed by atoms with van der Waals surface area (Å²) in [6.45, 7) is 1.49. The highest BCUT2D eigenvalue weighted by molar-refractivity contribution is 14.0. The molecule has 0 bridgehead atoms. The van der Waals surface area contributed by atoms with Gasteiger partial charge in [0.2, 0.25) is 0 Å². The van der Waals surface area contributed by atoms with Crippen LogP contribution in [0.1, 0.15) is 51.4 Å². The number of nitrogens with one attached hydrogen (secondary N) is 2. The first-order chi connectivity index (χ1) is 11.5. The van der Waals surface area contributed by atoms with E-state index in [1.165, 1.54) is 32.1 Å². The van der Waals surface area contributed by atoms with Gasteiger partial charge in [-0.3, -0.25) is 4.99 Å². The monoisotopic (exact) mass is 485 g/mol. The van der Waals surface area contributed by atoms with E-state index in [9.17, 15) is 8.42 Å². The third-order valence-corrected chi connectivity index (χ3v) is 7.54. The lowest BCUT2D eigenvalue weighted by Crippen LogP contribution is -2.52. The molecule has 1 aliphatic carbocycles. The van der Waals surface area contributed by atoms with Crippen LogP contribution in [0, 0.1) is 5.92 Å². The van der Waals surface area contributed by atoms with Gasteiger partial charge in [-0.2, -0.15) is 0 Å². The van der Waals surface area contributed by atoms with Crippen LogP contribution >= 0.6 is 24.0 Å². The standard InChI is InChI=1S/C17H31N3O3S.HI/c1-18-16(19-12-14-6-10-24(21,22)13-14)20-15-5-9-23-17(11-15)7-3-2-4-8-17;/h14-15H,2-13H2,1H3,(H2,18,19,20);1H. The minimum absolute atomic E-state index is 0. The first-order valence-electron chi connectivity index (χ1n) is 9.32. The summed E-state index contributed by atoms with van der Waals surface area (Å²) >= 11 is 0. The van der Waals surface area contributed by atoms with Crippen LogP contribution in [-0.4, -0.2) is 57.7 Å². The van der Waals surface area contributed by atoms with Gasteiger partial charge in [0.05, 0.1) is 17.1 Å². The molecule has 3 aliphatic rings. The summed E-state index contributed by atoms with van der Waals surface area (Å²) in [5.74, 6) is 1.62. The van der Waals surface area contributed by atoms with Gasteiger partial charge in [-0.15, -0.1) is 24.0 Å². The molecule has 8 heteroatoms. The van der Waals surface area contributed by atoms with E-state index in [0.717, 1.165) is 31.8 Å². The zero-order valence-electron chi connectivity index (χ0n) is 15.1. The topological polar surface area (TPSA) is 79.8 Å². The van der Waals surface area contributed by atoms with Crippen molar-refractivity contribution in [3.8, 4) is 0 Å². The van der Waals surface area contributed by atoms with E-state index in [1.807, 2.05) is 0 Å². The van der Waals surface area contributed by atoms with Gasteiger partial charge < -0.3 is 15.4 Å². The largest absolute Gasteiger partial charge is 0.375 e. The van der Waals surface area contributed by atoms with Crippen molar-refractivity contribution >= 4 is 39.8 Å². The van der Waals surface area contributed by atoms with Crippen molar-refractivity contribution in [1.82, 2.24) is 10.6 Å². The Bertz CT molecular complexity index is 556. The van der Waals surface area contributed by atoms with Crippen molar-refractivity contribution in [2.75, 3.05) is 31.7 Å². The summed E-state index contributed by atoms with van der Waals surface area (Å²) in [6, 6.07) is 0.385. The van der Waals surface area contributed by atoms with Crippen molar-refractivity contribution < 1.29 is 13.2 Å².